The van der Waals surface area contributed by atoms with Crippen molar-refractivity contribution < 1.29 is 9.53 Å². The van der Waals surface area contributed by atoms with Crippen molar-refractivity contribution in [1.29, 1.82) is 0 Å². The minimum Gasteiger partial charge on any atom is -0.495 e. The van der Waals surface area contributed by atoms with Crippen molar-refractivity contribution in [3.63, 3.8) is 0 Å². The zero-order valence-electron chi connectivity index (χ0n) is 11.2. The Kier molecular flexibility index (Phi) is 6.55. The fraction of sp³-hybridized carbons (Fsp3) is 0.462. The van der Waals surface area contributed by atoms with E-state index >= 15 is 0 Å². The summed E-state index contributed by atoms with van der Waals surface area (Å²) in [6.45, 7) is 5.95. The first-order valence-corrected chi connectivity index (χ1v) is 5.70. The third-order valence-corrected chi connectivity index (χ3v) is 2.91. The predicted octanol–water partition coefficient (Wildman–Crippen LogP) is 2.93. The number of hydrogen-bond donors (Lipinski definition) is 2. The SMILES string of the molecule is COc1ccc(NC(=O)C(C)C(C)C)cc1N.Cl. The molecule has 0 spiro atoms. The number of methoxy groups -OCH3 is 1. The monoisotopic (exact) mass is 272 g/mol. The van der Waals surface area contributed by atoms with Gasteiger partial charge in [-0.25, -0.2) is 0 Å². The van der Waals surface area contributed by atoms with Gasteiger partial charge < -0.3 is 15.8 Å². The van der Waals surface area contributed by atoms with Crippen LogP contribution in [0.1, 0.15) is 20.8 Å². The second-order valence-corrected chi connectivity index (χ2v) is 4.48. The van der Waals surface area contributed by atoms with E-state index in [1.165, 1.54) is 0 Å². The Morgan fingerprint density at radius 3 is 2.39 bits per heavy atom. The molecule has 0 saturated carbocycles. The fourth-order valence-corrected chi connectivity index (χ4v) is 1.37. The van der Waals surface area contributed by atoms with Crippen LogP contribution in [0.2, 0.25) is 0 Å². The maximum atomic E-state index is 11.8. The van der Waals surface area contributed by atoms with Crippen LogP contribution in [0.15, 0.2) is 18.2 Å². The number of nitrogens with one attached hydrogen (secondary N) is 1. The van der Waals surface area contributed by atoms with Crippen LogP contribution in [0.4, 0.5) is 11.4 Å². The van der Waals surface area contributed by atoms with Gasteiger partial charge in [-0.1, -0.05) is 20.8 Å². The van der Waals surface area contributed by atoms with E-state index in [-0.39, 0.29) is 24.2 Å². The fourth-order valence-electron chi connectivity index (χ4n) is 1.37. The summed E-state index contributed by atoms with van der Waals surface area (Å²) >= 11 is 0. The van der Waals surface area contributed by atoms with Crippen LogP contribution in [0.5, 0.6) is 5.75 Å². The standard InChI is InChI=1S/C13H20N2O2.ClH/c1-8(2)9(3)13(16)15-10-5-6-12(17-4)11(14)7-10;/h5-9H,14H2,1-4H3,(H,15,16);1H. The van der Waals surface area contributed by atoms with Gasteiger partial charge >= 0.3 is 0 Å². The molecule has 1 unspecified atom stereocenters. The Morgan fingerprint density at radius 1 is 1.33 bits per heavy atom. The van der Waals surface area contributed by atoms with Gasteiger partial charge in [0.15, 0.2) is 0 Å². The minimum atomic E-state index is -0.0293. The van der Waals surface area contributed by atoms with Crippen molar-refractivity contribution in [3.8, 4) is 5.75 Å². The molecule has 0 aromatic heterocycles. The lowest BCUT2D eigenvalue weighted by Crippen LogP contribution is -2.24. The molecular formula is C13H21ClN2O2. The summed E-state index contributed by atoms with van der Waals surface area (Å²) in [6.07, 6.45) is 0. The lowest BCUT2D eigenvalue weighted by molar-refractivity contribution is -0.120. The van der Waals surface area contributed by atoms with Crippen LogP contribution in [-0.4, -0.2) is 13.0 Å². The summed E-state index contributed by atoms with van der Waals surface area (Å²) in [5.74, 6) is 0.897. The number of hydrogen-bond acceptors (Lipinski definition) is 3. The molecule has 0 aliphatic heterocycles. The molecule has 1 atom stereocenters. The quantitative estimate of drug-likeness (QED) is 0.829. The van der Waals surface area contributed by atoms with E-state index in [2.05, 4.69) is 5.32 Å². The number of carbonyl (C=O) groups excluding carboxylic acids is 1. The highest BCUT2D eigenvalue weighted by atomic mass is 35.5. The van der Waals surface area contributed by atoms with Crippen LogP contribution < -0.4 is 15.8 Å². The summed E-state index contributed by atoms with van der Waals surface area (Å²) in [5, 5.41) is 2.84. The normalized spacial score (nSPS) is 11.6. The number of carbonyl (C=O) groups is 1. The van der Waals surface area contributed by atoms with Crippen LogP contribution in [0.25, 0.3) is 0 Å². The first kappa shape index (κ1) is 16.6. The van der Waals surface area contributed by atoms with Gasteiger partial charge in [0.2, 0.25) is 5.91 Å². The molecule has 0 saturated heterocycles. The van der Waals surface area contributed by atoms with Gasteiger partial charge in [0.05, 0.1) is 12.8 Å². The molecule has 1 rings (SSSR count). The van der Waals surface area contributed by atoms with E-state index in [1.54, 1.807) is 25.3 Å². The smallest absolute Gasteiger partial charge is 0.227 e. The number of anilines is 2. The average Bonchev–Trinajstić information content (AvgIpc) is 2.28. The molecule has 1 aromatic rings. The number of benzene rings is 1. The highest BCUT2D eigenvalue weighted by molar-refractivity contribution is 5.93. The van der Waals surface area contributed by atoms with Crippen molar-refractivity contribution >= 4 is 29.7 Å². The maximum Gasteiger partial charge on any atom is 0.227 e. The Labute approximate surface area is 114 Å². The van der Waals surface area contributed by atoms with Gasteiger partial charge in [0.1, 0.15) is 5.75 Å². The van der Waals surface area contributed by atoms with Crippen molar-refractivity contribution in [2.45, 2.75) is 20.8 Å². The molecule has 0 bridgehead atoms. The lowest BCUT2D eigenvalue weighted by atomic mass is 9.97. The number of nitrogens with two attached hydrogens (primary N) is 1. The molecular weight excluding hydrogens is 252 g/mol. The number of rotatable bonds is 4. The van der Waals surface area contributed by atoms with Gasteiger partial charge in [0, 0.05) is 11.6 Å². The van der Waals surface area contributed by atoms with E-state index in [9.17, 15) is 4.79 Å². The summed E-state index contributed by atoms with van der Waals surface area (Å²) in [4.78, 5) is 11.8. The Bertz CT molecular complexity index is 408. The van der Waals surface area contributed by atoms with Gasteiger partial charge in [-0.2, -0.15) is 0 Å². The zero-order chi connectivity index (χ0) is 13.0. The molecule has 18 heavy (non-hydrogen) atoms. The van der Waals surface area contributed by atoms with Gasteiger partial charge in [0.25, 0.3) is 0 Å². The average molecular weight is 273 g/mol. The van der Waals surface area contributed by atoms with Crippen LogP contribution in [0.3, 0.4) is 0 Å². The second kappa shape index (κ2) is 7.11. The summed E-state index contributed by atoms with van der Waals surface area (Å²) in [7, 11) is 1.56. The number of halogens is 1. The van der Waals surface area contributed by atoms with Crippen molar-refractivity contribution in [2.24, 2.45) is 11.8 Å². The first-order chi connectivity index (χ1) is 7.95. The first-order valence-electron chi connectivity index (χ1n) is 5.70. The molecule has 102 valence electrons. The van der Waals surface area contributed by atoms with E-state index in [0.29, 0.717) is 23.0 Å². The predicted molar refractivity (Wildman–Crippen MR) is 77.3 cm³/mol. The van der Waals surface area contributed by atoms with Gasteiger partial charge in [-0.05, 0) is 24.1 Å². The molecule has 0 heterocycles. The number of amides is 1. The molecule has 5 heteroatoms. The van der Waals surface area contributed by atoms with E-state index < -0.39 is 0 Å². The summed E-state index contributed by atoms with van der Waals surface area (Å²) < 4.78 is 5.05. The lowest BCUT2D eigenvalue weighted by Gasteiger charge is -2.16. The second-order valence-electron chi connectivity index (χ2n) is 4.48. The Hall–Kier alpha value is -1.42. The number of ether oxygens (including phenoxy) is 1. The van der Waals surface area contributed by atoms with Gasteiger partial charge in [-0.3, -0.25) is 4.79 Å². The van der Waals surface area contributed by atoms with Crippen molar-refractivity contribution in [1.82, 2.24) is 0 Å². The third kappa shape index (κ3) is 4.11. The zero-order valence-corrected chi connectivity index (χ0v) is 12.0. The van der Waals surface area contributed by atoms with Gasteiger partial charge in [-0.15, -0.1) is 12.4 Å². The topological polar surface area (TPSA) is 64.3 Å². The third-order valence-electron chi connectivity index (χ3n) is 2.91. The molecule has 0 aliphatic carbocycles. The molecule has 0 radical (unpaired) electrons. The minimum absolute atomic E-state index is 0. The molecule has 4 nitrogen and oxygen atoms in total. The molecule has 3 N–H and O–H groups in total. The summed E-state index contributed by atoms with van der Waals surface area (Å²) in [5.41, 5.74) is 6.98. The van der Waals surface area contributed by atoms with Crippen LogP contribution >= 0.6 is 12.4 Å². The van der Waals surface area contributed by atoms with Crippen molar-refractivity contribution in [2.75, 3.05) is 18.2 Å². The van der Waals surface area contributed by atoms with E-state index in [0.717, 1.165) is 0 Å². The maximum absolute atomic E-state index is 11.8. The Balaban J connectivity index is 0.00000289. The largest absolute Gasteiger partial charge is 0.495 e. The van der Waals surface area contributed by atoms with Crippen molar-refractivity contribution in [3.05, 3.63) is 18.2 Å². The molecule has 0 aliphatic rings. The summed E-state index contributed by atoms with van der Waals surface area (Å²) in [6, 6.07) is 5.22. The van der Waals surface area contributed by atoms with E-state index in [1.807, 2.05) is 20.8 Å². The molecule has 1 aromatic carbocycles. The van der Waals surface area contributed by atoms with E-state index in [4.69, 9.17) is 10.5 Å². The van der Waals surface area contributed by atoms with Crippen LogP contribution in [0, 0.1) is 11.8 Å². The highest BCUT2D eigenvalue weighted by Gasteiger charge is 2.16. The molecule has 1 amide bonds. The highest BCUT2D eigenvalue weighted by Crippen LogP contribution is 2.25. The Morgan fingerprint density at radius 2 is 1.94 bits per heavy atom. The number of nitrogen functional groups attached to an aromatic ring is 1. The van der Waals surface area contributed by atoms with Crippen LogP contribution in [-0.2, 0) is 4.79 Å². The molecule has 0 fully saturated rings.